The summed E-state index contributed by atoms with van der Waals surface area (Å²) < 4.78 is 12.1. The number of hydrogen-bond acceptors (Lipinski definition) is 5. The summed E-state index contributed by atoms with van der Waals surface area (Å²) >= 11 is 0. The van der Waals surface area contributed by atoms with Crippen LogP contribution in [0.25, 0.3) is 0 Å². The Kier molecular flexibility index (Phi) is 4.15. The topological polar surface area (TPSA) is 90.7 Å². The van der Waals surface area contributed by atoms with Gasteiger partial charge in [-0.1, -0.05) is 0 Å². The molecule has 0 aliphatic carbocycles. The Morgan fingerprint density at radius 3 is 2.68 bits per heavy atom. The first-order valence-corrected chi connectivity index (χ1v) is 7.62. The van der Waals surface area contributed by atoms with Crippen molar-refractivity contribution in [3.05, 3.63) is 17.2 Å². The van der Waals surface area contributed by atoms with Crippen molar-refractivity contribution < 1.29 is 24.2 Å². The minimum Gasteiger partial charge on any atom is -0.476 e. The van der Waals surface area contributed by atoms with E-state index >= 15 is 0 Å². The summed E-state index contributed by atoms with van der Waals surface area (Å²) in [5, 5.41) is 9.47. The van der Waals surface area contributed by atoms with Gasteiger partial charge in [0.2, 0.25) is 0 Å². The Balaban J connectivity index is 2.06. The van der Waals surface area contributed by atoms with E-state index in [0.29, 0.717) is 31.9 Å². The summed E-state index contributed by atoms with van der Waals surface area (Å²) in [5.74, 6) is -1.04. The van der Waals surface area contributed by atoms with Gasteiger partial charge < -0.3 is 19.1 Å². The zero-order chi connectivity index (χ0) is 15.7. The quantitative estimate of drug-likeness (QED) is 0.852. The maximum absolute atomic E-state index is 12.0. The standard InChI is InChI=1S/C15H20N2O5/c1-21-15(20)10-3-2-6-17-12(10)11(14(18)19)16-13(17)9-4-7-22-8-5-9/h9-10H,2-8H2,1H3,(H,18,19). The number of methoxy groups -OCH3 is 1. The molecule has 0 saturated carbocycles. The molecule has 7 heteroatoms. The van der Waals surface area contributed by atoms with Gasteiger partial charge in [0.05, 0.1) is 18.7 Å². The second-order valence-electron chi connectivity index (χ2n) is 5.77. The minimum absolute atomic E-state index is 0.00316. The van der Waals surface area contributed by atoms with Gasteiger partial charge in [0.1, 0.15) is 5.82 Å². The maximum atomic E-state index is 12.0. The molecule has 1 saturated heterocycles. The van der Waals surface area contributed by atoms with Crippen LogP contribution >= 0.6 is 0 Å². The number of ether oxygens (including phenoxy) is 2. The van der Waals surface area contributed by atoms with Crippen molar-refractivity contribution in [2.24, 2.45) is 0 Å². The van der Waals surface area contributed by atoms with Crippen LogP contribution in [0, 0.1) is 0 Å². The maximum Gasteiger partial charge on any atom is 0.356 e. The van der Waals surface area contributed by atoms with E-state index in [1.54, 1.807) is 0 Å². The number of esters is 1. The first kappa shape index (κ1) is 15.0. The third-order valence-corrected chi connectivity index (χ3v) is 4.52. The van der Waals surface area contributed by atoms with Gasteiger partial charge >= 0.3 is 11.9 Å². The van der Waals surface area contributed by atoms with E-state index in [1.807, 2.05) is 4.57 Å². The van der Waals surface area contributed by atoms with E-state index in [4.69, 9.17) is 9.47 Å². The SMILES string of the molecule is COC(=O)C1CCCn2c(C3CCOCC3)nc(C(=O)O)c21. The molecule has 1 aromatic rings. The number of imidazole rings is 1. The number of carboxylic acids is 1. The molecule has 0 spiro atoms. The molecule has 2 aliphatic rings. The van der Waals surface area contributed by atoms with Crippen LogP contribution in [0.3, 0.4) is 0 Å². The third kappa shape index (κ3) is 2.49. The number of nitrogens with zero attached hydrogens (tertiary/aromatic N) is 2. The molecule has 7 nitrogen and oxygen atoms in total. The molecule has 3 heterocycles. The van der Waals surface area contributed by atoms with Gasteiger partial charge in [0.25, 0.3) is 0 Å². The molecular weight excluding hydrogens is 288 g/mol. The van der Waals surface area contributed by atoms with Gasteiger partial charge in [-0.05, 0) is 25.7 Å². The smallest absolute Gasteiger partial charge is 0.356 e. The first-order valence-electron chi connectivity index (χ1n) is 7.62. The Morgan fingerprint density at radius 1 is 1.32 bits per heavy atom. The lowest BCUT2D eigenvalue weighted by Crippen LogP contribution is -2.26. The number of carbonyl (C=O) groups excluding carboxylic acids is 1. The molecule has 0 amide bonds. The number of fused-ring (bicyclic) bond motifs is 1. The Morgan fingerprint density at radius 2 is 2.05 bits per heavy atom. The molecule has 1 aromatic heterocycles. The lowest BCUT2D eigenvalue weighted by atomic mass is 9.93. The van der Waals surface area contributed by atoms with Crippen LogP contribution in [0.4, 0.5) is 0 Å². The molecule has 3 rings (SSSR count). The highest BCUT2D eigenvalue weighted by Crippen LogP contribution is 2.36. The molecule has 0 radical (unpaired) electrons. The monoisotopic (exact) mass is 308 g/mol. The van der Waals surface area contributed by atoms with Crippen molar-refractivity contribution >= 4 is 11.9 Å². The Bertz CT molecular complexity index is 589. The summed E-state index contributed by atoms with van der Waals surface area (Å²) in [7, 11) is 1.33. The number of rotatable bonds is 3. The largest absolute Gasteiger partial charge is 0.476 e. The molecule has 0 bridgehead atoms. The van der Waals surface area contributed by atoms with Gasteiger partial charge in [-0.3, -0.25) is 4.79 Å². The van der Waals surface area contributed by atoms with Crippen molar-refractivity contribution in [2.45, 2.75) is 44.1 Å². The average molecular weight is 308 g/mol. The summed E-state index contributed by atoms with van der Waals surface area (Å²) in [6.07, 6.45) is 3.08. The second kappa shape index (κ2) is 6.08. The highest BCUT2D eigenvalue weighted by molar-refractivity contribution is 5.90. The predicted octanol–water partition coefficient (Wildman–Crippen LogP) is 1.53. The summed E-state index contributed by atoms with van der Waals surface area (Å²) in [5.41, 5.74) is 0.503. The van der Waals surface area contributed by atoms with Crippen molar-refractivity contribution in [1.29, 1.82) is 0 Å². The highest BCUT2D eigenvalue weighted by atomic mass is 16.5. The number of carboxylic acid groups (broad SMARTS) is 1. The van der Waals surface area contributed by atoms with Crippen LogP contribution in [0.1, 0.15) is 59.5 Å². The fourth-order valence-corrected chi connectivity index (χ4v) is 3.46. The normalized spacial score (nSPS) is 22.1. The van der Waals surface area contributed by atoms with Crippen molar-refractivity contribution in [3.8, 4) is 0 Å². The van der Waals surface area contributed by atoms with E-state index in [2.05, 4.69) is 4.98 Å². The van der Waals surface area contributed by atoms with Crippen LogP contribution < -0.4 is 0 Å². The first-order chi connectivity index (χ1) is 10.6. The molecule has 1 atom stereocenters. The van der Waals surface area contributed by atoms with Crippen molar-refractivity contribution in [2.75, 3.05) is 20.3 Å². The average Bonchev–Trinajstić information content (AvgIpc) is 2.95. The summed E-state index contributed by atoms with van der Waals surface area (Å²) in [4.78, 5) is 28.0. The summed E-state index contributed by atoms with van der Waals surface area (Å²) in [6.45, 7) is 2.03. The fourth-order valence-electron chi connectivity index (χ4n) is 3.46. The van der Waals surface area contributed by atoms with Gasteiger partial charge in [-0.25, -0.2) is 9.78 Å². The van der Waals surface area contributed by atoms with Gasteiger partial charge in [0.15, 0.2) is 5.69 Å². The molecule has 120 valence electrons. The highest BCUT2D eigenvalue weighted by Gasteiger charge is 2.37. The van der Waals surface area contributed by atoms with Gasteiger partial charge in [0, 0.05) is 25.7 Å². The minimum atomic E-state index is -1.09. The Labute approximate surface area is 128 Å². The molecule has 22 heavy (non-hydrogen) atoms. The number of hydrogen-bond donors (Lipinski definition) is 1. The van der Waals surface area contributed by atoms with Crippen molar-refractivity contribution in [1.82, 2.24) is 9.55 Å². The van der Waals surface area contributed by atoms with Crippen LogP contribution in [0.2, 0.25) is 0 Å². The second-order valence-corrected chi connectivity index (χ2v) is 5.77. The van der Waals surface area contributed by atoms with Crippen molar-refractivity contribution in [3.63, 3.8) is 0 Å². The van der Waals surface area contributed by atoms with E-state index in [9.17, 15) is 14.7 Å². The lowest BCUT2D eigenvalue weighted by Gasteiger charge is -2.27. The van der Waals surface area contributed by atoms with Crippen LogP contribution in [-0.4, -0.2) is 46.9 Å². The molecule has 1 fully saturated rings. The predicted molar refractivity (Wildman–Crippen MR) is 76.0 cm³/mol. The van der Waals surface area contributed by atoms with Crippen LogP contribution in [0.15, 0.2) is 0 Å². The van der Waals surface area contributed by atoms with Crippen LogP contribution in [-0.2, 0) is 20.8 Å². The third-order valence-electron chi connectivity index (χ3n) is 4.52. The Hall–Kier alpha value is -1.89. The van der Waals surface area contributed by atoms with Crippen LogP contribution in [0.5, 0.6) is 0 Å². The molecule has 2 aliphatic heterocycles. The molecular formula is C15H20N2O5. The lowest BCUT2D eigenvalue weighted by molar-refractivity contribution is -0.143. The van der Waals surface area contributed by atoms with Gasteiger partial charge in [-0.15, -0.1) is 0 Å². The molecule has 0 aromatic carbocycles. The molecule has 1 unspecified atom stereocenters. The van der Waals surface area contributed by atoms with Gasteiger partial charge in [-0.2, -0.15) is 0 Å². The zero-order valence-electron chi connectivity index (χ0n) is 12.6. The number of carbonyl (C=O) groups is 2. The zero-order valence-corrected chi connectivity index (χ0v) is 12.6. The van der Waals surface area contributed by atoms with E-state index in [0.717, 1.165) is 25.1 Å². The van der Waals surface area contributed by atoms with E-state index in [1.165, 1.54) is 7.11 Å². The molecule has 1 N–H and O–H groups in total. The summed E-state index contributed by atoms with van der Waals surface area (Å²) in [6, 6.07) is 0. The fraction of sp³-hybridized carbons (Fsp3) is 0.667. The number of aromatic carboxylic acids is 1. The number of aromatic nitrogens is 2. The van der Waals surface area contributed by atoms with E-state index < -0.39 is 11.9 Å². The van der Waals surface area contributed by atoms with E-state index in [-0.39, 0.29) is 17.6 Å².